The molecule has 2 aromatic rings. The first-order valence-corrected chi connectivity index (χ1v) is 6.11. The third-order valence-corrected chi connectivity index (χ3v) is 2.85. The van der Waals surface area contributed by atoms with Crippen LogP contribution in [0, 0.1) is 28.5 Å². The Bertz CT molecular complexity index is 755. The van der Waals surface area contributed by atoms with Crippen LogP contribution in [0.4, 0.5) is 10.1 Å². The Hall–Kier alpha value is -3.18. The molecular weight excluding hydrogens is 269 g/mol. The summed E-state index contributed by atoms with van der Waals surface area (Å²) in [7, 11) is 0. The van der Waals surface area contributed by atoms with E-state index in [1.54, 1.807) is 30.3 Å². The quantitative estimate of drug-likeness (QED) is 0.938. The molecule has 0 aliphatic carbocycles. The Morgan fingerprint density at radius 2 is 1.81 bits per heavy atom. The molecule has 4 nitrogen and oxygen atoms in total. The molecule has 0 unspecified atom stereocenters. The molecule has 0 aliphatic rings. The van der Waals surface area contributed by atoms with Gasteiger partial charge in [-0.05, 0) is 29.8 Å². The first-order chi connectivity index (χ1) is 10.1. The minimum Gasteiger partial charge on any atom is -0.325 e. The molecule has 0 spiro atoms. The maximum absolute atomic E-state index is 13.4. The van der Waals surface area contributed by atoms with E-state index in [2.05, 4.69) is 5.32 Å². The fraction of sp³-hybridized carbons (Fsp3) is 0.0625. The molecule has 0 saturated heterocycles. The van der Waals surface area contributed by atoms with Crippen LogP contribution in [0.5, 0.6) is 0 Å². The molecule has 21 heavy (non-hydrogen) atoms. The van der Waals surface area contributed by atoms with Crippen LogP contribution in [-0.4, -0.2) is 5.91 Å². The molecule has 1 N–H and O–H groups in total. The van der Waals surface area contributed by atoms with Gasteiger partial charge in [0.1, 0.15) is 17.4 Å². The number of carbonyl (C=O) groups excluding carboxylic acids is 1. The second-order valence-electron chi connectivity index (χ2n) is 4.31. The molecule has 0 radical (unpaired) electrons. The summed E-state index contributed by atoms with van der Waals surface area (Å²) in [5, 5.41) is 20.1. The fourth-order valence-corrected chi connectivity index (χ4v) is 1.82. The summed E-state index contributed by atoms with van der Waals surface area (Å²) >= 11 is 0. The minimum atomic E-state index is -0.673. The van der Waals surface area contributed by atoms with Crippen LogP contribution < -0.4 is 5.32 Å². The number of nitrogens with one attached hydrogen (secondary N) is 1. The zero-order chi connectivity index (χ0) is 15.2. The molecule has 0 saturated carbocycles. The zero-order valence-electron chi connectivity index (χ0n) is 10.9. The third-order valence-electron chi connectivity index (χ3n) is 2.85. The summed E-state index contributed by atoms with van der Waals surface area (Å²) in [6.07, 6.45) is 0.0765. The summed E-state index contributed by atoms with van der Waals surface area (Å²) in [6, 6.07) is 14.4. The van der Waals surface area contributed by atoms with Crippen molar-refractivity contribution in [3.8, 4) is 12.1 Å². The van der Waals surface area contributed by atoms with Gasteiger partial charge in [0.15, 0.2) is 0 Å². The molecule has 1 amide bonds. The molecule has 0 heterocycles. The van der Waals surface area contributed by atoms with E-state index in [0.717, 1.165) is 11.6 Å². The molecule has 102 valence electrons. The van der Waals surface area contributed by atoms with E-state index in [-0.39, 0.29) is 23.6 Å². The van der Waals surface area contributed by atoms with E-state index in [9.17, 15) is 9.18 Å². The van der Waals surface area contributed by atoms with Crippen molar-refractivity contribution < 1.29 is 9.18 Å². The second kappa shape index (κ2) is 6.31. The average molecular weight is 279 g/mol. The number of anilines is 1. The Morgan fingerprint density at radius 3 is 2.43 bits per heavy atom. The van der Waals surface area contributed by atoms with Crippen molar-refractivity contribution >= 4 is 11.6 Å². The van der Waals surface area contributed by atoms with Gasteiger partial charge in [-0.15, -0.1) is 0 Å². The Balaban J connectivity index is 2.10. The Labute approximate surface area is 121 Å². The molecule has 0 bridgehead atoms. The van der Waals surface area contributed by atoms with Gasteiger partial charge in [-0.25, -0.2) is 4.39 Å². The Morgan fingerprint density at radius 1 is 1.10 bits per heavy atom. The number of hydrogen-bond donors (Lipinski definition) is 1. The lowest BCUT2D eigenvalue weighted by atomic mass is 10.1. The lowest BCUT2D eigenvalue weighted by molar-refractivity contribution is -0.115. The van der Waals surface area contributed by atoms with Crippen LogP contribution >= 0.6 is 0 Å². The Kier molecular flexibility index (Phi) is 4.28. The molecule has 5 heteroatoms. The number of hydrogen-bond acceptors (Lipinski definition) is 3. The van der Waals surface area contributed by atoms with Crippen LogP contribution in [0.1, 0.15) is 16.7 Å². The van der Waals surface area contributed by atoms with Gasteiger partial charge in [-0.3, -0.25) is 4.79 Å². The second-order valence-corrected chi connectivity index (χ2v) is 4.31. The summed E-state index contributed by atoms with van der Waals surface area (Å²) in [6.45, 7) is 0. The first-order valence-electron chi connectivity index (χ1n) is 6.11. The maximum atomic E-state index is 13.4. The monoisotopic (exact) mass is 279 g/mol. The number of nitrogens with zero attached hydrogens (tertiary/aromatic N) is 2. The van der Waals surface area contributed by atoms with Crippen LogP contribution in [-0.2, 0) is 11.2 Å². The van der Waals surface area contributed by atoms with Crippen LogP contribution in [0.15, 0.2) is 42.5 Å². The molecule has 0 aromatic heterocycles. The van der Waals surface area contributed by atoms with Crippen molar-refractivity contribution in [2.75, 3.05) is 5.32 Å². The lowest BCUT2D eigenvalue weighted by Gasteiger charge is -2.07. The van der Waals surface area contributed by atoms with Gasteiger partial charge >= 0.3 is 0 Å². The van der Waals surface area contributed by atoms with E-state index in [0.29, 0.717) is 5.56 Å². The van der Waals surface area contributed by atoms with E-state index in [1.807, 2.05) is 6.07 Å². The third kappa shape index (κ3) is 3.43. The predicted octanol–water partition coefficient (Wildman–Crippen LogP) is 2.75. The van der Waals surface area contributed by atoms with E-state index >= 15 is 0 Å². The van der Waals surface area contributed by atoms with Crippen LogP contribution in [0.2, 0.25) is 0 Å². The molecule has 2 aromatic carbocycles. The van der Waals surface area contributed by atoms with Crippen molar-refractivity contribution in [2.45, 2.75) is 6.42 Å². The number of amides is 1. The topological polar surface area (TPSA) is 76.7 Å². The molecule has 0 fully saturated rings. The largest absolute Gasteiger partial charge is 0.325 e. The van der Waals surface area contributed by atoms with Crippen molar-refractivity contribution in [1.82, 2.24) is 0 Å². The van der Waals surface area contributed by atoms with Crippen LogP contribution in [0.25, 0.3) is 0 Å². The van der Waals surface area contributed by atoms with Crippen molar-refractivity contribution in [3.63, 3.8) is 0 Å². The highest BCUT2D eigenvalue weighted by Gasteiger charge is 2.11. The van der Waals surface area contributed by atoms with E-state index in [1.165, 1.54) is 12.1 Å². The van der Waals surface area contributed by atoms with Gasteiger partial charge in [-0.1, -0.05) is 18.2 Å². The minimum absolute atomic E-state index is 0.0765. The molecule has 0 aliphatic heterocycles. The number of carbonyl (C=O) groups is 1. The van der Waals surface area contributed by atoms with Gasteiger partial charge in [0.05, 0.1) is 23.7 Å². The summed E-state index contributed by atoms with van der Waals surface area (Å²) in [5.74, 6) is -1.03. The van der Waals surface area contributed by atoms with Gasteiger partial charge in [-0.2, -0.15) is 10.5 Å². The van der Waals surface area contributed by atoms with Crippen molar-refractivity contribution in [1.29, 1.82) is 10.5 Å². The summed E-state index contributed by atoms with van der Waals surface area (Å²) in [4.78, 5) is 11.9. The maximum Gasteiger partial charge on any atom is 0.228 e. The highest BCUT2D eigenvalue weighted by Crippen LogP contribution is 2.18. The SMILES string of the molecule is N#Cc1ccc(CC(=O)Nc2cccc(F)c2C#N)cc1. The summed E-state index contributed by atoms with van der Waals surface area (Å²) in [5.41, 5.74) is 1.19. The number of halogens is 1. The smallest absolute Gasteiger partial charge is 0.228 e. The zero-order valence-corrected chi connectivity index (χ0v) is 10.9. The number of rotatable bonds is 3. The standard InChI is InChI=1S/C16H10FN3O/c17-14-2-1-3-15(13(14)10-19)20-16(21)8-11-4-6-12(9-18)7-5-11/h1-7H,8H2,(H,20,21). The fourth-order valence-electron chi connectivity index (χ4n) is 1.82. The highest BCUT2D eigenvalue weighted by atomic mass is 19.1. The predicted molar refractivity (Wildman–Crippen MR) is 74.6 cm³/mol. The van der Waals surface area contributed by atoms with Crippen LogP contribution in [0.3, 0.4) is 0 Å². The normalized spacial score (nSPS) is 9.48. The van der Waals surface area contributed by atoms with Gasteiger partial charge in [0.25, 0.3) is 0 Å². The van der Waals surface area contributed by atoms with Crippen molar-refractivity contribution in [3.05, 3.63) is 65.0 Å². The van der Waals surface area contributed by atoms with Gasteiger partial charge in [0.2, 0.25) is 5.91 Å². The lowest BCUT2D eigenvalue weighted by Crippen LogP contribution is -2.15. The van der Waals surface area contributed by atoms with E-state index in [4.69, 9.17) is 10.5 Å². The molecular formula is C16H10FN3O. The summed E-state index contributed by atoms with van der Waals surface area (Å²) < 4.78 is 13.4. The van der Waals surface area contributed by atoms with Gasteiger partial charge in [0, 0.05) is 0 Å². The molecule has 2 rings (SSSR count). The van der Waals surface area contributed by atoms with Crippen molar-refractivity contribution in [2.24, 2.45) is 0 Å². The first kappa shape index (κ1) is 14.2. The van der Waals surface area contributed by atoms with E-state index < -0.39 is 5.82 Å². The molecule has 0 atom stereocenters. The number of benzene rings is 2. The number of nitriles is 2. The average Bonchev–Trinajstić information content (AvgIpc) is 2.48. The van der Waals surface area contributed by atoms with Gasteiger partial charge < -0.3 is 5.32 Å². The highest BCUT2D eigenvalue weighted by molar-refractivity contribution is 5.93.